The van der Waals surface area contributed by atoms with Gasteiger partial charge in [0.1, 0.15) is 11.6 Å². The van der Waals surface area contributed by atoms with Crippen LogP contribution in [-0.2, 0) is 6.42 Å². The van der Waals surface area contributed by atoms with E-state index in [1.807, 2.05) is 29.6 Å². The predicted octanol–water partition coefficient (Wildman–Crippen LogP) is 4.83. The van der Waals surface area contributed by atoms with Gasteiger partial charge in [-0.2, -0.15) is 0 Å². The fourth-order valence-electron chi connectivity index (χ4n) is 3.74. The lowest BCUT2D eigenvalue weighted by Gasteiger charge is -2.37. The van der Waals surface area contributed by atoms with Crippen LogP contribution in [0.5, 0.6) is 11.5 Å². The van der Waals surface area contributed by atoms with Gasteiger partial charge in [-0.05, 0) is 53.3 Å². The van der Waals surface area contributed by atoms with Crippen LogP contribution in [0, 0.1) is 11.6 Å². The normalized spacial score (nSPS) is 15.7. The second-order valence-electron chi connectivity index (χ2n) is 6.70. The molecule has 4 nitrogen and oxygen atoms in total. The van der Waals surface area contributed by atoms with E-state index in [2.05, 4.69) is 0 Å². The molecule has 3 aromatic rings. The zero-order valence-electron chi connectivity index (χ0n) is 15.9. The number of fused-ring (bicyclic) bond motifs is 1. The van der Waals surface area contributed by atoms with Crippen molar-refractivity contribution in [2.75, 3.05) is 20.8 Å². The van der Waals surface area contributed by atoms with Crippen LogP contribution in [0.4, 0.5) is 8.78 Å². The number of carbonyl (C=O) groups is 1. The summed E-state index contributed by atoms with van der Waals surface area (Å²) in [6, 6.07) is 10.3. The van der Waals surface area contributed by atoms with Gasteiger partial charge in [0.05, 0.1) is 25.8 Å². The highest BCUT2D eigenvalue weighted by Gasteiger charge is 2.35. The maximum absolute atomic E-state index is 14.3. The fraction of sp³-hybridized carbons (Fsp3) is 0.227. The quantitative estimate of drug-likeness (QED) is 0.613. The molecule has 1 aliphatic rings. The molecule has 0 unspecified atom stereocenters. The number of benzene rings is 2. The van der Waals surface area contributed by atoms with Gasteiger partial charge in [-0.1, -0.05) is 6.07 Å². The Labute approximate surface area is 171 Å². The van der Waals surface area contributed by atoms with Crippen LogP contribution in [0.15, 0.2) is 47.8 Å². The molecule has 150 valence electrons. The number of amides is 1. The number of hydrogen-bond donors (Lipinski definition) is 0. The average molecular weight is 415 g/mol. The number of nitrogens with zero attached hydrogens (tertiary/aromatic N) is 1. The maximum atomic E-state index is 14.3. The first-order valence-electron chi connectivity index (χ1n) is 9.07. The summed E-state index contributed by atoms with van der Waals surface area (Å²) in [6.07, 6.45) is 0.589. The molecule has 0 saturated heterocycles. The van der Waals surface area contributed by atoms with E-state index in [0.29, 0.717) is 24.5 Å². The van der Waals surface area contributed by atoms with Gasteiger partial charge in [-0.15, -0.1) is 11.3 Å². The van der Waals surface area contributed by atoms with Crippen LogP contribution in [0.3, 0.4) is 0 Å². The fourth-order valence-corrected chi connectivity index (χ4v) is 4.59. The van der Waals surface area contributed by atoms with Gasteiger partial charge in [-0.25, -0.2) is 8.78 Å². The highest BCUT2D eigenvalue weighted by Crippen LogP contribution is 2.42. The van der Waals surface area contributed by atoms with Crippen molar-refractivity contribution in [3.8, 4) is 11.5 Å². The molecule has 0 spiro atoms. The molecule has 0 radical (unpaired) electrons. The van der Waals surface area contributed by atoms with Crippen molar-refractivity contribution < 1.29 is 23.0 Å². The SMILES string of the molecule is COc1cc2c(cc1OC)[C@@H](c1cccs1)N(C(=O)c1ccc(F)cc1F)CC2. The van der Waals surface area contributed by atoms with Crippen molar-refractivity contribution in [1.29, 1.82) is 0 Å². The van der Waals surface area contributed by atoms with Crippen LogP contribution >= 0.6 is 11.3 Å². The molecule has 0 N–H and O–H groups in total. The molecular formula is C22H19F2NO3S. The predicted molar refractivity (Wildman–Crippen MR) is 107 cm³/mol. The average Bonchev–Trinajstić information content (AvgIpc) is 3.25. The first-order valence-corrected chi connectivity index (χ1v) is 9.95. The minimum absolute atomic E-state index is 0.142. The Kier molecular flexibility index (Phi) is 5.24. The summed E-state index contributed by atoms with van der Waals surface area (Å²) < 4.78 is 38.5. The number of methoxy groups -OCH3 is 2. The standard InChI is InChI=1S/C22H19F2NO3S/c1-27-18-10-13-7-8-25(22(26)15-6-5-14(23)11-17(15)24)21(20-4-3-9-29-20)16(13)12-19(18)28-2/h3-6,9-12,21H,7-8H2,1-2H3/t21-/m0/s1. The van der Waals surface area contributed by atoms with Crippen molar-refractivity contribution in [2.45, 2.75) is 12.5 Å². The minimum atomic E-state index is -0.863. The van der Waals surface area contributed by atoms with Crippen LogP contribution in [0.1, 0.15) is 32.4 Å². The molecule has 0 fully saturated rings. The summed E-state index contributed by atoms with van der Waals surface area (Å²) in [6.45, 7) is 0.403. The monoisotopic (exact) mass is 415 g/mol. The van der Waals surface area contributed by atoms with Gasteiger partial charge in [0.15, 0.2) is 11.5 Å². The van der Waals surface area contributed by atoms with Crippen molar-refractivity contribution in [3.05, 3.63) is 81.0 Å². The Morgan fingerprint density at radius 1 is 1.10 bits per heavy atom. The number of halogens is 2. The summed E-state index contributed by atoms with van der Waals surface area (Å²) in [5, 5.41) is 1.94. The molecule has 7 heteroatoms. The molecular weight excluding hydrogens is 396 g/mol. The van der Waals surface area contributed by atoms with E-state index in [1.54, 1.807) is 19.1 Å². The first-order chi connectivity index (χ1) is 14.0. The van der Waals surface area contributed by atoms with Gasteiger partial charge < -0.3 is 14.4 Å². The number of thiophene rings is 1. The van der Waals surface area contributed by atoms with E-state index in [1.165, 1.54) is 17.4 Å². The second kappa shape index (κ2) is 7.83. The Balaban J connectivity index is 1.83. The molecule has 1 aliphatic heterocycles. The van der Waals surface area contributed by atoms with Crippen molar-refractivity contribution in [1.82, 2.24) is 4.90 Å². The van der Waals surface area contributed by atoms with Gasteiger partial charge in [0.25, 0.3) is 5.91 Å². The first kappa shape index (κ1) is 19.4. The smallest absolute Gasteiger partial charge is 0.257 e. The zero-order valence-corrected chi connectivity index (χ0v) is 16.8. The molecule has 1 atom stereocenters. The van der Waals surface area contributed by atoms with Gasteiger partial charge >= 0.3 is 0 Å². The second-order valence-corrected chi connectivity index (χ2v) is 7.68. The maximum Gasteiger partial charge on any atom is 0.257 e. The van der Waals surface area contributed by atoms with Gasteiger partial charge in [-0.3, -0.25) is 4.79 Å². The van der Waals surface area contributed by atoms with E-state index in [9.17, 15) is 13.6 Å². The molecule has 0 aliphatic carbocycles. The number of ether oxygens (including phenoxy) is 2. The summed E-state index contributed by atoms with van der Waals surface area (Å²) >= 11 is 1.52. The molecule has 0 saturated carbocycles. The summed E-state index contributed by atoms with van der Waals surface area (Å²) in [4.78, 5) is 15.8. The third-order valence-electron chi connectivity index (χ3n) is 5.11. The molecule has 29 heavy (non-hydrogen) atoms. The lowest BCUT2D eigenvalue weighted by molar-refractivity contribution is 0.0692. The molecule has 1 aromatic heterocycles. The molecule has 2 aromatic carbocycles. The lowest BCUT2D eigenvalue weighted by atomic mass is 9.90. The van der Waals surface area contributed by atoms with Crippen LogP contribution in [-0.4, -0.2) is 31.6 Å². The molecule has 0 bridgehead atoms. The minimum Gasteiger partial charge on any atom is -0.493 e. The van der Waals surface area contributed by atoms with E-state index in [4.69, 9.17) is 9.47 Å². The largest absolute Gasteiger partial charge is 0.493 e. The molecule has 4 rings (SSSR count). The number of carbonyl (C=O) groups excluding carboxylic acids is 1. The number of hydrogen-bond acceptors (Lipinski definition) is 4. The van der Waals surface area contributed by atoms with Gasteiger partial charge in [0.2, 0.25) is 0 Å². The molecule has 2 heterocycles. The van der Waals surface area contributed by atoms with Crippen LogP contribution < -0.4 is 9.47 Å². The van der Waals surface area contributed by atoms with Crippen molar-refractivity contribution >= 4 is 17.2 Å². The summed E-state index contributed by atoms with van der Waals surface area (Å²) in [5.74, 6) is -0.857. The number of rotatable bonds is 4. The third kappa shape index (κ3) is 3.46. The van der Waals surface area contributed by atoms with E-state index >= 15 is 0 Å². The Hall–Kier alpha value is -2.93. The zero-order chi connectivity index (χ0) is 20.5. The van der Waals surface area contributed by atoms with Gasteiger partial charge in [0, 0.05) is 17.5 Å². The van der Waals surface area contributed by atoms with Crippen LogP contribution in [0.25, 0.3) is 0 Å². The van der Waals surface area contributed by atoms with E-state index < -0.39 is 23.6 Å². The van der Waals surface area contributed by atoms with E-state index in [-0.39, 0.29) is 5.56 Å². The lowest BCUT2D eigenvalue weighted by Crippen LogP contribution is -2.40. The summed E-state index contributed by atoms with van der Waals surface area (Å²) in [5.41, 5.74) is 1.81. The Morgan fingerprint density at radius 2 is 1.86 bits per heavy atom. The highest BCUT2D eigenvalue weighted by atomic mass is 32.1. The summed E-state index contributed by atoms with van der Waals surface area (Å²) in [7, 11) is 3.14. The van der Waals surface area contributed by atoms with Crippen LogP contribution in [0.2, 0.25) is 0 Å². The van der Waals surface area contributed by atoms with E-state index in [0.717, 1.165) is 28.1 Å². The topological polar surface area (TPSA) is 38.8 Å². The highest BCUT2D eigenvalue weighted by molar-refractivity contribution is 7.10. The third-order valence-corrected chi connectivity index (χ3v) is 6.03. The Morgan fingerprint density at radius 3 is 2.52 bits per heavy atom. The molecule has 1 amide bonds. The van der Waals surface area contributed by atoms with Crippen molar-refractivity contribution in [3.63, 3.8) is 0 Å². The van der Waals surface area contributed by atoms with Crippen molar-refractivity contribution in [2.24, 2.45) is 0 Å². The Bertz CT molecular complexity index is 1050.